The third-order valence-corrected chi connectivity index (χ3v) is 11.4. The van der Waals surface area contributed by atoms with Crippen LogP contribution >= 0.6 is 0 Å². The molecule has 2 saturated carbocycles. The molecular formula is C30H51NO2S. The molecular weight excluding hydrogens is 438 g/mol. The smallest absolute Gasteiger partial charge is 0.155 e. The molecule has 2 aliphatic carbocycles. The monoisotopic (exact) mass is 489 g/mol. The summed E-state index contributed by atoms with van der Waals surface area (Å²) in [6.07, 6.45) is 16.8. The fourth-order valence-corrected chi connectivity index (χ4v) is 7.48. The number of nitrogens with zero attached hydrogens (tertiary/aromatic N) is 1. The van der Waals surface area contributed by atoms with Crippen LogP contribution in [0.2, 0.25) is 0 Å². The molecule has 34 heavy (non-hydrogen) atoms. The summed E-state index contributed by atoms with van der Waals surface area (Å²) in [5, 5.41) is 0. The lowest BCUT2D eigenvalue weighted by Crippen LogP contribution is -2.34. The Balaban J connectivity index is 1.32. The highest BCUT2D eigenvalue weighted by Crippen LogP contribution is 2.35. The van der Waals surface area contributed by atoms with Crippen molar-refractivity contribution in [2.24, 2.45) is 11.8 Å². The van der Waals surface area contributed by atoms with E-state index in [1.165, 1.54) is 76.3 Å². The van der Waals surface area contributed by atoms with Crippen LogP contribution < -0.4 is 4.90 Å². The molecule has 0 unspecified atom stereocenters. The van der Waals surface area contributed by atoms with E-state index in [1.807, 2.05) is 20.8 Å². The molecule has 0 aliphatic heterocycles. The van der Waals surface area contributed by atoms with Gasteiger partial charge < -0.3 is 4.90 Å². The first-order valence-corrected chi connectivity index (χ1v) is 15.9. The Morgan fingerprint density at radius 3 is 2.03 bits per heavy atom. The van der Waals surface area contributed by atoms with Crippen molar-refractivity contribution in [2.75, 3.05) is 23.7 Å². The van der Waals surface area contributed by atoms with Gasteiger partial charge in [-0.2, -0.15) is 0 Å². The zero-order chi connectivity index (χ0) is 24.6. The third kappa shape index (κ3) is 8.00. The van der Waals surface area contributed by atoms with Gasteiger partial charge in [0, 0.05) is 18.8 Å². The summed E-state index contributed by atoms with van der Waals surface area (Å²) >= 11 is 0. The summed E-state index contributed by atoms with van der Waals surface area (Å²) in [7, 11) is -2.99. The minimum atomic E-state index is -2.99. The summed E-state index contributed by atoms with van der Waals surface area (Å²) in [5.74, 6) is 2.36. The molecule has 0 amide bonds. The topological polar surface area (TPSA) is 37.4 Å². The van der Waals surface area contributed by atoms with Gasteiger partial charge in [-0.3, -0.25) is 0 Å². The van der Waals surface area contributed by atoms with Gasteiger partial charge in [0.15, 0.2) is 9.84 Å². The molecule has 3 rings (SSSR count). The van der Waals surface area contributed by atoms with Gasteiger partial charge in [0.05, 0.1) is 10.5 Å². The normalized spacial score (nSPS) is 22.6. The molecule has 0 atom stereocenters. The summed E-state index contributed by atoms with van der Waals surface area (Å²) in [6.45, 7) is 9.99. The minimum absolute atomic E-state index is 0.378. The molecule has 194 valence electrons. The fraction of sp³-hybridized carbons (Fsp3) is 0.800. The van der Waals surface area contributed by atoms with Crippen LogP contribution in [0.3, 0.4) is 0 Å². The van der Waals surface area contributed by atoms with Crippen molar-refractivity contribution >= 4 is 15.5 Å². The van der Waals surface area contributed by atoms with E-state index in [-0.39, 0.29) is 0 Å². The number of hydrogen-bond acceptors (Lipinski definition) is 3. The Kier molecular flexibility index (Phi) is 10.4. The molecule has 0 spiro atoms. The van der Waals surface area contributed by atoms with Crippen molar-refractivity contribution in [1.29, 1.82) is 0 Å². The van der Waals surface area contributed by atoms with Gasteiger partial charge in [0.2, 0.25) is 0 Å². The predicted molar refractivity (Wildman–Crippen MR) is 148 cm³/mol. The molecule has 0 saturated heterocycles. The maximum Gasteiger partial charge on any atom is 0.155 e. The number of benzene rings is 1. The zero-order valence-electron chi connectivity index (χ0n) is 22.5. The molecule has 4 heteroatoms. The minimum Gasteiger partial charge on any atom is -0.372 e. The highest BCUT2D eigenvalue weighted by Gasteiger charge is 2.33. The summed E-state index contributed by atoms with van der Waals surface area (Å²) in [4.78, 5) is 2.53. The van der Waals surface area contributed by atoms with E-state index in [0.717, 1.165) is 37.8 Å². The Hall–Kier alpha value is -1.03. The van der Waals surface area contributed by atoms with Crippen LogP contribution in [-0.2, 0) is 9.84 Å². The predicted octanol–water partition coefficient (Wildman–Crippen LogP) is 8.14. The molecule has 3 nitrogen and oxygen atoms in total. The van der Waals surface area contributed by atoms with E-state index in [1.54, 1.807) is 5.56 Å². The second kappa shape index (κ2) is 12.8. The van der Waals surface area contributed by atoms with E-state index in [0.29, 0.717) is 11.7 Å². The number of hydrogen-bond donors (Lipinski definition) is 0. The number of anilines is 1. The Morgan fingerprint density at radius 1 is 0.824 bits per heavy atom. The van der Waals surface area contributed by atoms with Crippen molar-refractivity contribution in [2.45, 2.75) is 122 Å². The van der Waals surface area contributed by atoms with Crippen LogP contribution in [0.5, 0.6) is 0 Å². The third-order valence-electron chi connectivity index (χ3n) is 8.61. The van der Waals surface area contributed by atoms with Gasteiger partial charge in [0.25, 0.3) is 0 Å². The van der Waals surface area contributed by atoms with Crippen LogP contribution in [-0.4, -0.2) is 32.0 Å². The van der Waals surface area contributed by atoms with E-state index < -0.39 is 14.6 Å². The van der Waals surface area contributed by atoms with E-state index in [4.69, 9.17) is 0 Å². The van der Waals surface area contributed by atoms with Gasteiger partial charge >= 0.3 is 0 Å². The van der Waals surface area contributed by atoms with Crippen molar-refractivity contribution in [3.05, 3.63) is 29.8 Å². The van der Waals surface area contributed by atoms with Crippen molar-refractivity contribution in [1.82, 2.24) is 0 Å². The highest BCUT2D eigenvalue weighted by molar-refractivity contribution is 7.92. The van der Waals surface area contributed by atoms with Gasteiger partial charge in [-0.25, -0.2) is 8.42 Å². The molecule has 0 aromatic heterocycles. The summed E-state index contributed by atoms with van der Waals surface area (Å²) in [6, 6.07) is 9.48. The fourth-order valence-electron chi connectivity index (χ4n) is 6.02. The quantitative estimate of drug-likeness (QED) is 0.294. The highest BCUT2D eigenvalue weighted by atomic mass is 32.2. The Morgan fingerprint density at radius 2 is 1.44 bits per heavy atom. The molecule has 2 fully saturated rings. The zero-order valence-corrected chi connectivity index (χ0v) is 23.3. The molecule has 0 bridgehead atoms. The van der Waals surface area contributed by atoms with Gasteiger partial charge in [-0.05, 0) is 95.2 Å². The standard InChI is InChI=1S/C30H51NO2S/c1-5-31(29-21-19-28(20-22-29)27-13-9-6-10-14-27)23-11-7-8-12-25-15-17-26(18-16-25)24-34(32,33)30(2,3)4/h19-22,25-27H,5-18,23-24H2,1-4H3. The maximum absolute atomic E-state index is 12.5. The van der Waals surface area contributed by atoms with Crippen LogP contribution in [0, 0.1) is 11.8 Å². The van der Waals surface area contributed by atoms with Crippen LogP contribution in [0.4, 0.5) is 5.69 Å². The van der Waals surface area contributed by atoms with Crippen LogP contribution in [0.15, 0.2) is 24.3 Å². The molecule has 2 aliphatic rings. The van der Waals surface area contributed by atoms with Crippen LogP contribution in [0.1, 0.15) is 123 Å². The average Bonchev–Trinajstić information content (AvgIpc) is 2.82. The Labute approximate surface area is 211 Å². The average molecular weight is 490 g/mol. The van der Waals surface area contributed by atoms with Crippen molar-refractivity contribution in [3.8, 4) is 0 Å². The number of rotatable bonds is 11. The van der Waals surface area contributed by atoms with E-state index in [9.17, 15) is 8.42 Å². The molecule has 1 aromatic carbocycles. The first-order valence-electron chi connectivity index (χ1n) is 14.3. The van der Waals surface area contributed by atoms with Gasteiger partial charge in [-0.15, -0.1) is 0 Å². The summed E-state index contributed by atoms with van der Waals surface area (Å²) in [5.41, 5.74) is 2.93. The number of unbranched alkanes of at least 4 members (excludes halogenated alkanes) is 2. The summed E-state index contributed by atoms with van der Waals surface area (Å²) < 4.78 is 24.4. The number of sulfone groups is 1. The lowest BCUT2D eigenvalue weighted by atomic mass is 9.80. The molecule has 1 aromatic rings. The molecule has 0 N–H and O–H groups in total. The largest absolute Gasteiger partial charge is 0.372 e. The second-order valence-electron chi connectivity index (χ2n) is 12.1. The SMILES string of the molecule is CCN(CCCCCC1CCC(CS(=O)(=O)C(C)(C)C)CC1)c1ccc(C2CCCCC2)cc1. The van der Waals surface area contributed by atoms with Gasteiger partial charge in [-0.1, -0.05) is 63.5 Å². The Bertz CT molecular complexity index is 810. The lowest BCUT2D eigenvalue weighted by Gasteiger charge is -2.30. The second-order valence-corrected chi connectivity index (χ2v) is 14.9. The van der Waals surface area contributed by atoms with Crippen LogP contribution in [0.25, 0.3) is 0 Å². The van der Waals surface area contributed by atoms with Gasteiger partial charge in [0.1, 0.15) is 0 Å². The van der Waals surface area contributed by atoms with E-state index in [2.05, 4.69) is 36.1 Å². The first-order chi connectivity index (χ1) is 16.2. The molecule has 0 heterocycles. The molecule has 0 radical (unpaired) electrons. The lowest BCUT2D eigenvalue weighted by molar-refractivity contribution is 0.272. The maximum atomic E-state index is 12.5. The first kappa shape index (κ1) is 27.6. The van der Waals surface area contributed by atoms with Crippen molar-refractivity contribution in [3.63, 3.8) is 0 Å². The van der Waals surface area contributed by atoms with E-state index >= 15 is 0 Å². The van der Waals surface area contributed by atoms with Crippen molar-refractivity contribution < 1.29 is 8.42 Å².